The minimum atomic E-state index is -0.443. The maximum Gasteiger partial charge on any atom is 0.347 e. The molecule has 0 aromatic carbocycles. The zero-order valence-electron chi connectivity index (χ0n) is 11.3. The zero-order valence-corrected chi connectivity index (χ0v) is 12.1. The number of carbonyl (C=O) groups is 1. The fourth-order valence-electron chi connectivity index (χ4n) is 2.40. The third-order valence-corrected chi connectivity index (χ3v) is 4.65. The molecule has 0 saturated heterocycles. The van der Waals surface area contributed by atoms with Gasteiger partial charge >= 0.3 is 5.69 Å². The van der Waals surface area contributed by atoms with E-state index in [9.17, 15) is 9.59 Å². The lowest BCUT2D eigenvalue weighted by Crippen LogP contribution is -2.20. The van der Waals surface area contributed by atoms with Crippen LogP contribution >= 0.6 is 11.3 Å². The number of amides is 1. The van der Waals surface area contributed by atoms with Crippen LogP contribution in [0, 0.1) is 19.8 Å². The summed E-state index contributed by atoms with van der Waals surface area (Å²) < 4.78 is 0. The lowest BCUT2D eigenvalue weighted by atomic mass is 10.2. The summed E-state index contributed by atoms with van der Waals surface area (Å²) in [5.74, 6) is 0.580. The van der Waals surface area contributed by atoms with Crippen molar-refractivity contribution in [2.45, 2.75) is 26.2 Å². The molecule has 2 atom stereocenters. The van der Waals surface area contributed by atoms with E-state index in [1.54, 1.807) is 24.3 Å². The summed E-state index contributed by atoms with van der Waals surface area (Å²) in [7, 11) is 0. The van der Waals surface area contributed by atoms with Crippen LogP contribution in [0.1, 0.15) is 28.5 Å². The van der Waals surface area contributed by atoms with Crippen molar-refractivity contribution in [1.29, 1.82) is 0 Å². The number of H-pyrrole nitrogens is 1. The van der Waals surface area contributed by atoms with Crippen molar-refractivity contribution < 1.29 is 4.79 Å². The lowest BCUT2D eigenvalue weighted by Gasteiger charge is -2.04. The van der Waals surface area contributed by atoms with Crippen LogP contribution in [0.25, 0.3) is 0 Å². The highest BCUT2D eigenvalue weighted by Gasteiger charge is 2.45. The molecule has 1 amide bonds. The van der Waals surface area contributed by atoms with Gasteiger partial charge in [0.15, 0.2) is 0 Å². The Bertz CT molecular complexity index is 719. The number of aromatic nitrogens is 2. The predicted octanol–water partition coefficient (Wildman–Crippen LogP) is 2.19. The SMILES string of the molecule is Cc1cc(NC(=O)[C@H]2C[C@H]2c2sccc2C)nc(=O)[nH]1. The molecule has 104 valence electrons. The van der Waals surface area contributed by atoms with Crippen molar-refractivity contribution in [3.63, 3.8) is 0 Å². The summed E-state index contributed by atoms with van der Waals surface area (Å²) in [6.07, 6.45) is 0.870. The first kappa shape index (κ1) is 13.1. The van der Waals surface area contributed by atoms with Crippen molar-refractivity contribution in [3.05, 3.63) is 44.1 Å². The maximum absolute atomic E-state index is 12.2. The van der Waals surface area contributed by atoms with E-state index < -0.39 is 5.69 Å². The Morgan fingerprint density at radius 3 is 2.95 bits per heavy atom. The number of rotatable bonds is 3. The van der Waals surface area contributed by atoms with Gasteiger partial charge in [0.1, 0.15) is 5.82 Å². The first-order valence-corrected chi connectivity index (χ1v) is 7.35. The second-order valence-corrected chi connectivity index (χ2v) is 6.11. The highest BCUT2D eigenvalue weighted by atomic mass is 32.1. The smallest absolute Gasteiger partial charge is 0.310 e. The Balaban J connectivity index is 1.70. The third-order valence-electron chi connectivity index (χ3n) is 3.50. The summed E-state index contributed by atoms with van der Waals surface area (Å²) in [6.45, 7) is 3.83. The molecule has 2 aromatic rings. The molecule has 20 heavy (non-hydrogen) atoms. The normalized spacial score (nSPS) is 20.7. The topological polar surface area (TPSA) is 74.8 Å². The number of aryl methyl sites for hydroxylation is 2. The van der Waals surface area contributed by atoms with Crippen LogP contribution < -0.4 is 11.0 Å². The fourth-order valence-corrected chi connectivity index (χ4v) is 3.51. The van der Waals surface area contributed by atoms with E-state index in [0.717, 1.165) is 6.42 Å². The third kappa shape index (κ3) is 2.51. The Kier molecular flexibility index (Phi) is 3.17. The monoisotopic (exact) mass is 289 g/mol. The molecule has 2 N–H and O–H groups in total. The molecule has 3 rings (SSSR count). The quantitative estimate of drug-likeness (QED) is 0.909. The largest absolute Gasteiger partial charge is 0.347 e. The number of nitrogens with one attached hydrogen (secondary N) is 2. The van der Waals surface area contributed by atoms with Gasteiger partial charge in [0, 0.05) is 28.5 Å². The van der Waals surface area contributed by atoms with Gasteiger partial charge in [-0.1, -0.05) is 0 Å². The molecular formula is C14H15N3O2S. The molecule has 0 spiro atoms. The lowest BCUT2D eigenvalue weighted by molar-refractivity contribution is -0.117. The average molecular weight is 289 g/mol. The molecule has 1 saturated carbocycles. The maximum atomic E-state index is 12.2. The summed E-state index contributed by atoms with van der Waals surface area (Å²) in [5.41, 5.74) is 1.49. The molecule has 2 aromatic heterocycles. The molecular weight excluding hydrogens is 274 g/mol. The highest BCUT2D eigenvalue weighted by molar-refractivity contribution is 7.10. The number of anilines is 1. The molecule has 5 nitrogen and oxygen atoms in total. The standard InChI is InChI=1S/C14H15N3O2S/c1-7-3-4-20-12(7)9-6-10(9)13(18)16-11-5-8(2)15-14(19)17-11/h3-5,9-10H,6H2,1-2H3,(H2,15,16,17,18,19)/t9-,10+/m1/s1. The van der Waals surface area contributed by atoms with Gasteiger partial charge in [0.05, 0.1) is 0 Å². The molecule has 0 radical (unpaired) electrons. The van der Waals surface area contributed by atoms with Crippen LogP contribution in [-0.4, -0.2) is 15.9 Å². The van der Waals surface area contributed by atoms with Gasteiger partial charge in [0.2, 0.25) is 5.91 Å². The molecule has 0 unspecified atom stereocenters. The van der Waals surface area contributed by atoms with Crippen LogP contribution in [0.3, 0.4) is 0 Å². The molecule has 0 aliphatic heterocycles. The van der Waals surface area contributed by atoms with Crippen molar-refractivity contribution >= 4 is 23.1 Å². The number of carbonyl (C=O) groups excluding carboxylic acids is 1. The molecule has 2 heterocycles. The van der Waals surface area contributed by atoms with Gasteiger partial charge < -0.3 is 10.3 Å². The Labute approximate surface area is 120 Å². The average Bonchev–Trinajstić information content (AvgIpc) is 3.04. The minimum Gasteiger partial charge on any atom is -0.310 e. The second-order valence-electron chi connectivity index (χ2n) is 5.16. The Hall–Kier alpha value is -1.95. The van der Waals surface area contributed by atoms with Gasteiger partial charge in [-0.25, -0.2) is 4.79 Å². The van der Waals surface area contributed by atoms with Gasteiger partial charge in [-0.3, -0.25) is 4.79 Å². The number of thiophene rings is 1. The van der Waals surface area contributed by atoms with E-state index in [1.165, 1.54) is 10.4 Å². The van der Waals surface area contributed by atoms with E-state index in [4.69, 9.17) is 0 Å². The molecule has 1 aliphatic carbocycles. The summed E-state index contributed by atoms with van der Waals surface area (Å²) in [4.78, 5) is 31.0. The van der Waals surface area contributed by atoms with E-state index in [1.807, 2.05) is 0 Å². The van der Waals surface area contributed by atoms with E-state index in [-0.39, 0.29) is 11.8 Å². The van der Waals surface area contributed by atoms with E-state index >= 15 is 0 Å². The summed E-state index contributed by atoms with van der Waals surface area (Å²) >= 11 is 1.70. The van der Waals surface area contributed by atoms with Crippen LogP contribution in [0.15, 0.2) is 22.3 Å². The zero-order chi connectivity index (χ0) is 14.3. The van der Waals surface area contributed by atoms with Crippen molar-refractivity contribution in [2.75, 3.05) is 5.32 Å². The van der Waals surface area contributed by atoms with Crippen molar-refractivity contribution in [2.24, 2.45) is 5.92 Å². The Morgan fingerprint density at radius 1 is 1.50 bits per heavy atom. The molecule has 1 fully saturated rings. The molecule has 6 heteroatoms. The van der Waals surface area contributed by atoms with Gasteiger partial charge in [-0.2, -0.15) is 4.98 Å². The van der Waals surface area contributed by atoms with Crippen LogP contribution in [-0.2, 0) is 4.79 Å². The highest BCUT2D eigenvalue weighted by Crippen LogP contribution is 2.50. The second kappa shape index (κ2) is 4.86. The van der Waals surface area contributed by atoms with Gasteiger partial charge in [-0.05, 0) is 37.3 Å². The molecule has 1 aliphatic rings. The van der Waals surface area contributed by atoms with Crippen LogP contribution in [0.2, 0.25) is 0 Å². The number of aromatic amines is 1. The number of nitrogens with zero attached hydrogens (tertiary/aromatic N) is 1. The molecule has 0 bridgehead atoms. The predicted molar refractivity (Wildman–Crippen MR) is 78.1 cm³/mol. The van der Waals surface area contributed by atoms with Crippen molar-refractivity contribution in [1.82, 2.24) is 9.97 Å². The number of hydrogen-bond donors (Lipinski definition) is 2. The van der Waals surface area contributed by atoms with Gasteiger partial charge in [-0.15, -0.1) is 11.3 Å². The number of hydrogen-bond acceptors (Lipinski definition) is 4. The summed E-state index contributed by atoms with van der Waals surface area (Å²) in [6, 6.07) is 3.74. The summed E-state index contributed by atoms with van der Waals surface area (Å²) in [5, 5.41) is 4.79. The van der Waals surface area contributed by atoms with Crippen LogP contribution in [0.4, 0.5) is 5.82 Å². The Morgan fingerprint density at radius 2 is 2.30 bits per heavy atom. The van der Waals surface area contributed by atoms with E-state index in [0.29, 0.717) is 17.4 Å². The minimum absolute atomic E-state index is 0.00579. The van der Waals surface area contributed by atoms with Crippen LogP contribution in [0.5, 0.6) is 0 Å². The fraction of sp³-hybridized carbons (Fsp3) is 0.357. The van der Waals surface area contributed by atoms with Gasteiger partial charge in [0.25, 0.3) is 0 Å². The first-order valence-electron chi connectivity index (χ1n) is 6.47. The van der Waals surface area contributed by atoms with Crippen molar-refractivity contribution in [3.8, 4) is 0 Å². The first-order chi connectivity index (χ1) is 9.54. The van der Waals surface area contributed by atoms with E-state index in [2.05, 4.69) is 33.7 Å².